The van der Waals surface area contributed by atoms with Crippen molar-refractivity contribution in [1.82, 2.24) is 29.6 Å². The molecule has 0 radical (unpaired) electrons. The van der Waals surface area contributed by atoms with Crippen LogP contribution in [0.3, 0.4) is 0 Å². The molecular formula is C26H27N7OS. The van der Waals surface area contributed by atoms with Gasteiger partial charge in [-0.25, -0.2) is 14.6 Å². The lowest BCUT2D eigenvalue weighted by Gasteiger charge is -2.22. The molecule has 9 heteroatoms. The number of aromatic amines is 1. The van der Waals surface area contributed by atoms with E-state index in [1.165, 1.54) is 0 Å². The highest BCUT2D eigenvalue weighted by Crippen LogP contribution is 2.30. The predicted octanol–water partition coefficient (Wildman–Crippen LogP) is 4.97. The number of hydrogen-bond donors (Lipinski definition) is 1. The second kappa shape index (κ2) is 8.81. The number of anilines is 1. The van der Waals surface area contributed by atoms with Crippen molar-refractivity contribution >= 4 is 45.3 Å². The maximum absolute atomic E-state index is 13.9. The third-order valence-corrected chi connectivity index (χ3v) is 7.41. The number of hydrogen-bond acceptors (Lipinski definition) is 6. The van der Waals surface area contributed by atoms with Crippen LogP contribution in [0.1, 0.15) is 36.7 Å². The van der Waals surface area contributed by atoms with E-state index in [0.29, 0.717) is 18.7 Å². The second-order valence-electron chi connectivity index (χ2n) is 9.16. The fraction of sp³-hybridized carbons (Fsp3) is 0.308. The Morgan fingerprint density at radius 1 is 1.06 bits per heavy atom. The molecule has 1 saturated heterocycles. The van der Waals surface area contributed by atoms with Gasteiger partial charge in [0.2, 0.25) is 5.95 Å². The predicted molar refractivity (Wildman–Crippen MR) is 140 cm³/mol. The average Bonchev–Trinajstić information content (AvgIpc) is 3.59. The van der Waals surface area contributed by atoms with Gasteiger partial charge in [-0.1, -0.05) is 18.2 Å². The topological polar surface area (TPSA) is 82.9 Å². The number of H-pyrrole nitrogens is 1. The summed E-state index contributed by atoms with van der Waals surface area (Å²) in [5.74, 6) is 0.898. The standard InChI is InChI=1S/C26H27N7OS/c1-17(2)33-24-19(16-27-33)18(15-22(28-24)23-9-5-14-35-23)25(34)31-10-6-11-32(13-12-31)26-29-20-7-3-4-8-21(20)30-26/h3-5,7-9,14-17H,6,10-13H2,1-2H3,(H,29,30). The van der Waals surface area contributed by atoms with E-state index in [1.54, 1.807) is 17.5 Å². The number of nitrogens with one attached hydrogen (secondary N) is 1. The highest BCUT2D eigenvalue weighted by Gasteiger charge is 2.25. The largest absolute Gasteiger partial charge is 0.341 e. The average molecular weight is 486 g/mol. The quantitative estimate of drug-likeness (QED) is 0.389. The first kappa shape index (κ1) is 21.8. The Balaban J connectivity index is 1.31. The lowest BCUT2D eigenvalue weighted by atomic mass is 10.1. The van der Waals surface area contributed by atoms with E-state index in [4.69, 9.17) is 9.97 Å². The highest BCUT2D eigenvalue weighted by atomic mass is 32.1. The molecule has 0 aliphatic carbocycles. The highest BCUT2D eigenvalue weighted by molar-refractivity contribution is 7.13. The molecule has 1 aliphatic heterocycles. The van der Waals surface area contributed by atoms with Crippen LogP contribution in [0.5, 0.6) is 0 Å². The maximum Gasteiger partial charge on any atom is 0.254 e. The molecule has 6 rings (SSSR count). The van der Waals surface area contributed by atoms with Gasteiger partial charge < -0.3 is 14.8 Å². The van der Waals surface area contributed by atoms with Crippen LogP contribution in [-0.4, -0.2) is 61.7 Å². The number of fused-ring (bicyclic) bond motifs is 2. The second-order valence-corrected chi connectivity index (χ2v) is 10.1. The zero-order valence-corrected chi connectivity index (χ0v) is 20.6. The van der Waals surface area contributed by atoms with Crippen LogP contribution < -0.4 is 4.90 Å². The summed E-state index contributed by atoms with van der Waals surface area (Å²) in [6.07, 6.45) is 2.66. The minimum Gasteiger partial charge on any atom is -0.341 e. The summed E-state index contributed by atoms with van der Waals surface area (Å²) < 4.78 is 1.90. The van der Waals surface area contributed by atoms with Crippen LogP contribution in [0, 0.1) is 0 Å². The number of pyridine rings is 1. The summed E-state index contributed by atoms with van der Waals surface area (Å²) in [5, 5.41) is 7.40. The molecule has 0 spiro atoms. The first-order valence-corrected chi connectivity index (χ1v) is 12.9. The van der Waals surface area contributed by atoms with Crippen LogP contribution >= 0.6 is 11.3 Å². The van der Waals surface area contributed by atoms with Gasteiger partial charge in [-0.3, -0.25) is 4.79 Å². The Morgan fingerprint density at radius 3 is 2.74 bits per heavy atom. The zero-order valence-electron chi connectivity index (χ0n) is 19.8. The van der Waals surface area contributed by atoms with Crippen LogP contribution in [0.15, 0.2) is 54.0 Å². The third kappa shape index (κ3) is 3.95. The number of carbonyl (C=O) groups is 1. The molecule has 0 saturated carbocycles. The van der Waals surface area contributed by atoms with E-state index in [2.05, 4.69) is 28.8 Å². The SMILES string of the molecule is CC(C)n1ncc2c(C(=O)N3CCCN(c4nc5ccccc5[nH]4)CC3)cc(-c3cccs3)nc21. The van der Waals surface area contributed by atoms with Gasteiger partial charge >= 0.3 is 0 Å². The Bertz CT molecular complexity index is 1470. The first-order chi connectivity index (χ1) is 17.1. The van der Waals surface area contributed by atoms with Gasteiger partial charge in [-0.15, -0.1) is 11.3 Å². The number of carbonyl (C=O) groups excluding carboxylic acids is 1. The minimum absolute atomic E-state index is 0.0324. The Hall–Kier alpha value is -3.72. The van der Waals surface area contributed by atoms with Crippen LogP contribution in [0.4, 0.5) is 5.95 Å². The molecule has 4 aromatic heterocycles. The van der Waals surface area contributed by atoms with Crippen molar-refractivity contribution in [2.24, 2.45) is 0 Å². The number of nitrogens with zero attached hydrogens (tertiary/aromatic N) is 6. The van der Waals surface area contributed by atoms with Gasteiger partial charge in [-0.2, -0.15) is 5.10 Å². The molecule has 8 nitrogen and oxygen atoms in total. The molecule has 5 aromatic rings. The summed E-state index contributed by atoms with van der Waals surface area (Å²) in [6, 6.07) is 14.2. The lowest BCUT2D eigenvalue weighted by Crippen LogP contribution is -2.35. The summed E-state index contributed by atoms with van der Waals surface area (Å²) >= 11 is 1.63. The van der Waals surface area contributed by atoms with Crippen LogP contribution in [-0.2, 0) is 0 Å². The summed E-state index contributed by atoms with van der Waals surface area (Å²) in [4.78, 5) is 32.2. The molecule has 1 N–H and O–H groups in total. The van der Waals surface area contributed by atoms with E-state index in [-0.39, 0.29) is 11.9 Å². The molecule has 0 unspecified atom stereocenters. The summed E-state index contributed by atoms with van der Waals surface area (Å²) in [6.45, 7) is 7.06. The van der Waals surface area contributed by atoms with E-state index >= 15 is 0 Å². The maximum atomic E-state index is 13.9. The molecule has 35 heavy (non-hydrogen) atoms. The minimum atomic E-state index is 0.0324. The normalized spacial score (nSPS) is 14.8. The van der Waals surface area contributed by atoms with Gasteiger partial charge in [-0.05, 0) is 49.9 Å². The van der Waals surface area contributed by atoms with Crippen molar-refractivity contribution in [2.45, 2.75) is 26.3 Å². The Kier molecular flexibility index (Phi) is 5.49. The molecule has 5 heterocycles. The number of amides is 1. The van der Waals surface area contributed by atoms with Crippen molar-refractivity contribution in [3.05, 3.63) is 59.6 Å². The van der Waals surface area contributed by atoms with Gasteiger partial charge in [0.25, 0.3) is 5.91 Å². The van der Waals surface area contributed by atoms with Crippen molar-refractivity contribution in [3.8, 4) is 10.6 Å². The number of aromatic nitrogens is 5. The van der Waals surface area contributed by atoms with E-state index < -0.39 is 0 Å². The lowest BCUT2D eigenvalue weighted by molar-refractivity contribution is 0.0769. The number of imidazole rings is 1. The monoisotopic (exact) mass is 485 g/mol. The Morgan fingerprint density at radius 2 is 1.94 bits per heavy atom. The van der Waals surface area contributed by atoms with Gasteiger partial charge in [0, 0.05) is 32.2 Å². The third-order valence-electron chi connectivity index (χ3n) is 6.52. The number of benzene rings is 1. The van der Waals surface area contributed by atoms with Crippen molar-refractivity contribution in [1.29, 1.82) is 0 Å². The van der Waals surface area contributed by atoms with Crippen LogP contribution in [0.2, 0.25) is 0 Å². The molecule has 1 fully saturated rings. The van der Waals surface area contributed by atoms with Crippen molar-refractivity contribution < 1.29 is 4.79 Å². The van der Waals surface area contributed by atoms with Gasteiger partial charge in [0.15, 0.2) is 5.65 Å². The number of rotatable bonds is 4. The zero-order chi connectivity index (χ0) is 23.9. The van der Waals surface area contributed by atoms with Crippen LogP contribution in [0.25, 0.3) is 32.6 Å². The fourth-order valence-corrected chi connectivity index (χ4v) is 5.40. The van der Waals surface area contributed by atoms with E-state index in [1.807, 2.05) is 57.4 Å². The molecule has 178 valence electrons. The number of thiophene rings is 1. The van der Waals surface area contributed by atoms with Gasteiger partial charge in [0.1, 0.15) is 0 Å². The molecule has 1 aromatic carbocycles. The molecule has 1 aliphatic rings. The summed E-state index contributed by atoms with van der Waals surface area (Å²) in [5.41, 5.74) is 4.23. The van der Waals surface area contributed by atoms with Gasteiger partial charge in [0.05, 0.1) is 38.8 Å². The number of para-hydroxylation sites is 2. The molecule has 1 amide bonds. The Labute approximate surface area is 207 Å². The molecule has 0 bridgehead atoms. The van der Waals surface area contributed by atoms with Crippen molar-refractivity contribution in [2.75, 3.05) is 31.1 Å². The molecular weight excluding hydrogens is 458 g/mol. The molecule has 0 atom stereocenters. The van der Waals surface area contributed by atoms with E-state index in [0.717, 1.165) is 58.1 Å². The first-order valence-electron chi connectivity index (χ1n) is 12.0. The van der Waals surface area contributed by atoms with E-state index in [9.17, 15) is 4.79 Å². The summed E-state index contributed by atoms with van der Waals surface area (Å²) in [7, 11) is 0. The fourth-order valence-electron chi connectivity index (χ4n) is 4.72. The van der Waals surface area contributed by atoms with Crippen molar-refractivity contribution in [3.63, 3.8) is 0 Å². The smallest absolute Gasteiger partial charge is 0.254 e.